The molecule has 1 saturated carbocycles. The molecule has 0 heterocycles. The van der Waals surface area contributed by atoms with Crippen LogP contribution in [0.1, 0.15) is 31.7 Å². The van der Waals surface area contributed by atoms with Crippen LogP contribution >= 0.6 is 0 Å². The molecule has 4 rings (SSSR count). The molecule has 0 saturated heterocycles. The van der Waals surface area contributed by atoms with E-state index < -0.39 is 0 Å². The lowest BCUT2D eigenvalue weighted by Gasteiger charge is -2.26. The Morgan fingerprint density at radius 1 is 0.950 bits per heavy atom. The summed E-state index contributed by atoms with van der Waals surface area (Å²) in [6.45, 7) is 2.25. The van der Waals surface area contributed by atoms with E-state index >= 15 is 0 Å². The highest BCUT2D eigenvalue weighted by atomic mass is 14.4. The molecule has 2 aromatic rings. The van der Waals surface area contributed by atoms with Gasteiger partial charge >= 0.3 is 0 Å². The molecule has 0 heteroatoms. The van der Waals surface area contributed by atoms with Gasteiger partial charge in [-0.25, -0.2) is 0 Å². The van der Waals surface area contributed by atoms with E-state index in [1.165, 1.54) is 41.2 Å². The summed E-state index contributed by atoms with van der Waals surface area (Å²) in [6.07, 6.45) is 9.01. The van der Waals surface area contributed by atoms with Crippen LogP contribution in [0, 0.1) is 11.8 Å². The zero-order valence-electron chi connectivity index (χ0n) is 12.0. The first-order valence-corrected chi connectivity index (χ1v) is 7.71. The molecule has 2 aromatic carbocycles. The van der Waals surface area contributed by atoms with Crippen LogP contribution in [0.2, 0.25) is 0 Å². The molecule has 100 valence electrons. The Morgan fingerprint density at radius 3 is 2.75 bits per heavy atom. The lowest BCUT2D eigenvalue weighted by Crippen LogP contribution is -2.12. The molecular weight excluding hydrogens is 240 g/mol. The minimum absolute atomic E-state index is 0.740. The molecule has 0 spiro atoms. The average molecular weight is 260 g/mol. The topological polar surface area (TPSA) is 0 Å². The summed E-state index contributed by atoms with van der Waals surface area (Å²) in [7, 11) is 0. The van der Waals surface area contributed by atoms with Crippen molar-refractivity contribution in [2.24, 2.45) is 11.8 Å². The predicted molar refractivity (Wildman–Crippen MR) is 86.5 cm³/mol. The SMILES string of the molecule is CC1=CC2CCCC2C(c2cccc3ccccc23)=C1. The van der Waals surface area contributed by atoms with E-state index in [-0.39, 0.29) is 0 Å². The molecule has 0 nitrogen and oxygen atoms in total. The van der Waals surface area contributed by atoms with Gasteiger partial charge in [0.05, 0.1) is 0 Å². The highest BCUT2D eigenvalue weighted by molar-refractivity contribution is 5.95. The van der Waals surface area contributed by atoms with E-state index in [0.29, 0.717) is 0 Å². The maximum Gasteiger partial charge on any atom is -0.00925 e. The molecule has 2 unspecified atom stereocenters. The van der Waals surface area contributed by atoms with Crippen molar-refractivity contribution in [2.45, 2.75) is 26.2 Å². The number of hydrogen-bond acceptors (Lipinski definition) is 0. The molecular formula is C20H20. The molecule has 0 aliphatic heterocycles. The van der Waals surface area contributed by atoms with Gasteiger partial charge in [0, 0.05) is 0 Å². The van der Waals surface area contributed by atoms with Gasteiger partial charge in [0.15, 0.2) is 0 Å². The van der Waals surface area contributed by atoms with Crippen molar-refractivity contribution < 1.29 is 0 Å². The molecule has 0 radical (unpaired) electrons. The van der Waals surface area contributed by atoms with Gasteiger partial charge in [0.2, 0.25) is 0 Å². The molecule has 2 aliphatic carbocycles. The van der Waals surface area contributed by atoms with E-state index in [1.807, 2.05) is 0 Å². The van der Waals surface area contributed by atoms with Gasteiger partial charge in [-0.2, -0.15) is 0 Å². The fraction of sp³-hybridized carbons (Fsp3) is 0.300. The van der Waals surface area contributed by atoms with Gasteiger partial charge in [-0.05, 0) is 53.5 Å². The Morgan fingerprint density at radius 2 is 1.80 bits per heavy atom. The zero-order valence-corrected chi connectivity index (χ0v) is 12.0. The first-order chi connectivity index (χ1) is 9.83. The van der Waals surface area contributed by atoms with Crippen LogP contribution in [0.25, 0.3) is 16.3 Å². The fourth-order valence-corrected chi connectivity index (χ4v) is 4.07. The van der Waals surface area contributed by atoms with Gasteiger partial charge < -0.3 is 0 Å². The van der Waals surface area contributed by atoms with E-state index in [9.17, 15) is 0 Å². The van der Waals surface area contributed by atoms with Crippen molar-refractivity contribution in [2.75, 3.05) is 0 Å². The van der Waals surface area contributed by atoms with Crippen molar-refractivity contribution in [3.05, 3.63) is 65.8 Å². The minimum atomic E-state index is 0.740. The molecule has 0 amide bonds. The molecule has 2 aliphatic rings. The molecule has 0 N–H and O–H groups in total. The highest BCUT2D eigenvalue weighted by Crippen LogP contribution is 2.46. The summed E-state index contributed by atoms with van der Waals surface area (Å²) in [5.74, 6) is 1.51. The number of rotatable bonds is 1. The smallest absolute Gasteiger partial charge is 0.00925 e. The van der Waals surface area contributed by atoms with Crippen LogP contribution in [-0.2, 0) is 0 Å². The van der Waals surface area contributed by atoms with E-state index in [1.54, 1.807) is 5.57 Å². The zero-order chi connectivity index (χ0) is 13.5. The third-order valence-electron chi connectivity index (χ3n) is 4.93. The van der Waals surface area contributed by atoms with Crippen molar-refractivity contribution in [3.8, 4) is 0 Å². The third kappa shape index (κ3) is 1.83. The van der Waals surface area contributed by atoms with Crippen LogP contribution in [-0.4, -0.2) is 0 Å². The number of hydrogen-bond donors (Lipinski definition) is 0. The van der Waals surface area contributed by atoms with Crippen LogP contribution < -0.4 is 0 Å². The quantitative estimate of drug-likeness (QED) is 0.626. The molecule has 20 heavy (non-hydrogen) atoms. The lowest BCUT2D eigenvalue weighted by atomic mass is 9.78. The second kappa shape index (κ2) is 4.63. The van der Waals surface area contributed by atoms with Crippen LogP contribution in [0.15, 0.2) is 60.2 Å². The Bertz CT molecular complexity index is 712. The number of allylic oxidation sites excluding steroid dienone is 4. The summed E-state index contributed by atoms with van der Waals surface area (Å²) in [6, 6.07) is 15.5. The maximum absolute atomic E-state index is 2.49. The first-order valence-electron chi connectivity index (χ1n) is 7.71. The Kier molecular flexibility index (Phi) is 2.77. The summed E-state index contributed by atoms with van der Waals surface area (Å²) in [4.78, 5) is 0. The largest absolute Gasteiger partial charge is 0.0779 e. The van der Waals surface area contributed by atoms with Gasteiger partial charge in [-0.1, -0.05) is 66.6 Å². The van der Waals surface area contributed by atoms with E-state index in [2.05, 4.69) is 61.5 Å². The van der Waals surface area contributed by atoms with Crippen LogP contribution in [0.5, 0.6) is 0 Å². The number of fused-ring (bicyclic) bond motifs is 2. The molecule has 0 bridgehead atoms. The molecule has 0 aromatic heterocycles. The van der Waals surface area contributed by atoms with Crippen LogP contribution in [0.4, 0.5) is 0 Å². The van der Waals surface area contributed by atoms with Gasteiger partial charge in [0.25, 0.3) is 0 Å². The summed E-state index contributed by atoms with van der Waals surface area (Å²) in [5, 5.41) is 2.76. The second-order valence-corrected chi connectivity index (χ2v) is 6.24. The number of benzene rings is 2. The average Bonchev–Trinajstić information content (AvgIpc) is 2.94. The third-order valence-corrected chi connectivity index (χ3v) is 4.93. The summed E-state index contributed by atoms with van der Waals surface area (Å²) in [5.41, 5.74) is 4.47. The lowest BCUT2D eigenvalue weighted by molar-refractivity contribution is 0.565. The van der Waals surface area contributed by atoms with Crippen molar-refractivity contribution in [1.29, 1.82) is 0 Å². The van der Waals surface area contributed by atoms with Crippen molar-refractivity contribution in [1.82, 2.24) is 0 Å². The monoisotopic (exact) mass is 260 g/mol. The van der Waals surface area contributed by atoms with Crippen LogP contribution in [0.3, 0.4) is 0 Å². The predicted octanol–water partition coefficient (Wildman–Crippen LogP) is 5.60. The standard InChI is InChI=1S/C20H20/c1-14-12-16-8-5-10-18(16)20(13-14)19-11-4-7-15-6-2-3-9-17(15)19/h2-4,6-7,9,11-13,16,18H,5,8,10H2,1H3. The Labute approximate surface area is 120 Å². The Balaban J connectivity index is 1.92. The summed E-state index contributed by atoms with van der Waals surface area (Å²) >= 11 is 0. The van der Waals surface area contributed by atoms with E-state index in [0.717, 1.165) is 11.8 Å². The van der Waals surface area contributed by atoms with Crippen molar-refractivity contribution >= 4 is 16.3 Å². The maximum atomic E-state index is 2.49. The summed E-state index contributed by atoms with van der Waals surface area (Å²) < 4.78 is 0. The minimum Gasteiger partial charge on any atom is -0.0779 e. The normalized spacial score (nSPS) is 25.2. The highest BCUT2D eigenvalue weighted by Gasteiger charge is 2.31. The van der Waals surface area contributed by atoms with E-state index in [4.69, 9.17) is 0 Å². The van der Waals surface area contributed by atoms with Gasteiger partial charge in [-0.15, -0.1) is 0 Å². The molecule has 2 atom stereocenters. The van der Waals surface area contributed by atoms with Gasteiger partial charge in [0.1, 0.15) is 0 Å². The Hall–Kier alpha value is -1.82. The first kappa shape index (κ1) is 12.0. The van der Waals surface area contributed by atoms with Gasteiger partial charge in [-0.3, -0.25) is 0 Å². The fourth-order valence-electron chi connectivity index (χ4n) is 4.07. The molecule has 1 fully saturated rings. The second-order valence-electron chi connectivity index (χ2n) is 6.24. The van der Waals surface area contributed by atoms with Crippen molar-refractivity contribution in [3.63, 3.8) is 0 Å².